The Hall–Kier alpha value is -1.96. The molecule has 2 nitrogen and oxygen atoms in total. The lowest BCUT2D eigenvalue weighted by Crippen LogP contribution is -2.19. The van der Waals surface area contributed by atoms with Crippen molar-refractivity contribution < 1.29 is 4.79 Å². The lowest BCUT2D eigenvalue weighted by Gasteiger charge is -2.26. The number of benzene rings is 1. The third-order valence-corrected chi connectivity index (χ3v) is 3.71. The first-order valence-electron chi connectivity index (χ1n) is 6.67. The smallest absolute Gasteiger partial charge is 0.164 e. The van der Waals surface area contributed by atoms with Crippen LogP contribution in [0.2, 0.25) is 0 Å². The number of fused-ring (bicyclic) bond motifs is 1. The van der Waals surface area contributed by atoms with Crippen molar-refractivity contribution >= 4 is 22.3 Å². The number of carbonyl (C=O) groups excluding carboxylic acids is 1. The first-order chi connectivity index (χ1) is 9.05. The molecule has 3 rings (SSSR count). The average Bonchev–Trinajstić information content (AvgIpc) is 2.41. The number of Topliss-reactive ketones (excluding diaryl/α,β-unsaturated/α-hetero) is 1. The van der Waals surface area contributed by atoms with Gasteiger partial charge in [-0.1, -0.05) is 44.2 Å². The summed E-state index contributed by atoms with van der Waals surface area (Å²) in [6.07, 6.45) is 3.62. The van der Waals surface area contributed by atoms with Crippen molar-refractivity contribution in [3.63, 3.8) is 0 Å². The number of aromatic nitrogens is 1. The third kappa shape index (κ3) is 2.30. The van der Waals surface area contributed by atoms with Gasteiger partial charge in [0.2, 0.25) is 0 Å². The van der Waals surface area contributed by atoms with Crippen molar-refractivity contribution in [3.05, 3.63) is 48.2 Å². The summed E-state index contributed by atoms with van der Waals surface area (Å²) in [4.78, 5) is 16.7. The minimum absolute atomic E-state index is 0.0799. The fraction of sp³-hybridized carbons (Fsp3) is 0.294. The van der Waals surface area contributed by atoms with E-state index in [1.807, 2.05) is 36.4 Å². The van der Waals surface area contributed by atoms with Crippen LogP contribution in [0.25, 0.3) is 16.5 Å². The first-order valence-corrected chi connectivity index (χ1v) is 6.67. The second-order valence-electron chi connectivity index (χ2n) is 5.86. The van der Waals surface area contributed by atoms with E-state index in [-0.39, 0.29) is 11.2 Å². The molecular formula is C17H17NO. The predicted octanol–water partition coefficient (Wildman–Crippen LogP) is 4.01. The van der Waals surface area contributed by atoms with E-state index in [4.69, 9.17) is 0 Å². The van der Waals surface area contributed by atoms with Crippen LogP contribution in [0.3, 0.4) is 0 Å². The quantitative estimate of drug-likeness (QED) is 0.766. The lowest BCUT2D eigenvalue weighted by molar-refractivity contribution is -0.114. The topological polar surface area (TPSA) is 30.0 Å². The van der Waals surface area contributed by atoms with Crippen LogP contribution in [0, 0.1) is 5.41 Å². The number of carbonyl (C=O) groups is 1. The lowest BCUT2D eigenvalue weighted by atomic mass is 9.78. The molecule has 1 aromatic carbocycles. The minimum Gasteiger partial charge on any atom is -0.294 e. The molecule has 0 bridgehead atoms. The maximum atomic E-state index is 12.1. The van der Waals surface area contributed by atoms with E-state index < -0.39 is 0 Å². The molecule has 0 unspecified atom stereocenters. The van der Waals surface area contributed by atoms with E-state index in [9.17, 15) is 4.79 Å². The normalized spacial score (nSPS) is 18.4. The molecule has 2 heteroatoms. The SMILES string of the molecule is CC1(C)C=C(c2ccc3ccccc3n2)C(=O)CC1. The monoisotopic (exact) mass is 251 g/mol. The second kappa shape index (κ2) is 4.30. The number of hydrogen-bond acceptors (Lipinski definition) is 2. The standard InChI is InChI=1S/C17H17NO/c1-17(2)10-9-16(19)13(11-17)15-8-7-12-5-3-4-6-14(12)18-15/h3-8,11H,9-10H2,1-2H3. The molecular weight excluding hydrogens is 234 g/mol. The summed E-state index contributed by atoms with van der Waals surface area (Å²) in [5.74, 6) is 0.210. The van der Waals surface area contributed by atoms with Gasteiger partial charge in [-0.3, -0.25) is 4.79 Å². The number of allylic oxidation sites excluding steroid dienone is 2. The largest absolute Gasteiger partial charge is 0.294 e. The molecule has 1 aliphatic carbocycles. The van der Waals surface area contributed by atoms with Crippen LogP contribution in [-0.2, 0) is 4.79 Å². The zero-order chi connectivity index (χ0) is 13.5. The highest BCUT2D eigenvalue weighted by atomic mass is 16.1. The number of nitrogens with zero attached hydrogens (tertiary/aromatic N) is 1. The Labute approximate surface area is 113 Å². The fourth-order valence-electron chi connectivity index (χ4n) is 2.55. The zero-order valence-corrected chi connectivity index (χ0v) is 11.3. The van der Waals surface area contributed by atoms with Crippen LogP contribution in [0.4, 0.5) is 0 Å². The van der Waals surface area contributed by atoms with Gasteiger partial charge in [0.15, 0.2) is 5.78 Å². The van der Waals surface area contributed by atoms with E-state index in [1.165, 1.54) is 0 Å². The van der Waals surface area contributed by atoms with E-state index >= 15 is 0 Å². The summed E-state index contributed by atoms with van der Waals surface area (Å²) >= 11 is 0. The summed E-state index contributed by atoms with van der Waals surface area (Å²) in [5.41, 5.74) is 2.60. The Kier molecular flexibility index (Phi) is 2.74. The number of pyridine rings is 1. The highest BCUT2D eigenvalue weighted by Crippen LogP contribution is 2.35. The molecule has 2 aromatic rings. The molecule has 0 saturated carbocycles. The molecule has 0 atom stereocenters. The summed E-state index contributed by atoms with van der Waals surface area (Å²) in [7, 11) is 0. The molecule has 1 aliphatic rings. The van der Waals surface area contributed by atoms with Crippen LogP contribution in [0.15, 0.2) is 42.5 Å². The van der Waals surface area contributed by atoms with Gasteiger partial charge in [-0.2, -0.15) is 0 Å². The Morgan fingerprint density at radius 1 is 1.11 bits per heavy atom. The highest BCUT2D eigenvalue weighted by molar-refractivity contribution is 6.21. The van der Waals surface area contributed by atoms with Crippen molar-refractivity contribution in [2.24, 2.45) is 5.41 Å². The van der Waals surface area contributed by atoms with Gasteiger partial charge in [0.1, 0.15) is 0 Å². The van der Waals surface area contributed by atoms with Crippen molar-refractivity contribution in [2.75, 3.05) is 0 Å². The summed E-state index contributed by atoms with van der Waals surface area (Å²) in [6, 6.07) is 12.0. The minimum atomic E-state index is 0.0799. The molecule has 0 aliphatic heterocycles. The van der Waals surface area contributed by atoms with Crippen molar-refractivity contribution in [3.8, 4) is 0 Å². The summed E-state index contributed by atoms with van der Waals surface area (Å²) in [6.45, 7) is 4.33. The van der Waals surface area contributed by atoms with Crippen LogP contribution in [0.1, 0.15) is 32.4 Å². The van der Waals surface area contributed by atoms with Crippen molar-refractivity contribution in [2.45, 2.75) is 26.7 Å². The average molecular weight is 251 g/mol. The number of para-hydroxylation sites is 1. The molecule has 0 N–H and O–H groups in total. The van der Waals surface area contributed by atoms with Gasteiger partial charge >= 0.3 is 0 Å². The maximum absolute atomic E-state index is 12.1. The Morgan fingerprint density at radius 2 is 1.89 bits per heavy atom. The first kappa shape index (κ1) is 12.1. The zero-order valence-electron chi connectivity index (χ0n) is 11.3. The number of rotatable bonds is 1. The van der Waals surface area contributed by atoms with Crippen molar-refractivity contribution in [1.82, 2.24) is 4.98 Å². The van der Waals surface area contributed by atoms with E-state index in [2.05, 4.69) is 24.9 Å². The highest BCUT2D eigenvalue weighted by Gasteiger charge is 2.27. The van der Waals surface area contributed by atoms with Crippen LogP contribution >= 0.6 is 0 Å². The van der Waals surface area contributed by atoms with Gasteiger partial charge in [-0.15, -0.1) is 0 Å². The van der Waals surface area contributed by atoms with Crippen LogP contribution in [0.5, 0.6) is 0 Å². The Morgan fingerprint density at radius 3 is 2.74 bits per heavy atom. The molecule has 0 radical (unpaired) electrons. The predicted molar refractivity (Wildman–Crippen MR) is 77.7 cm³/mol. The number of hydrogen-bond donors (Lipinski definition) is 0. The van der Waals surface area contributed by atoms with E-state index in [0.29, 0.717) is 6.42 Å². The van der Waals surface area contributed by atoms with Crippen molar-refractivity contribution in [1.29, 1.82) is 0 Å². The fourth-order valence-corrected chi connectivity index (χ4v) is 2.55. The second-order valence-corrected chi connectivity index (χ2v) is 5.86. The van der Waals surface area contributed by atoms with Crippen LogP contribution in [-0.4, -0.2) is 10.8 Å². The third-order valence-electron chi connectivity index (χ3n) is 3.71. The van der Waals surface area contributed by atoms with Gasteiger partial charge in [0, 0.05) is 17.4 Å². The Bertz CT molecular complexity index is 682. The molecule has 96 valence electrons. The summed E-state index contributed by atoms with van der Waals surface area (Å²) < 4.78 is 0. The Balaban J connectivity index is 2.13. The molecule has 0 amide bonds. The van der Waals surface area contributed by atoms with Gasteiger partial charge in [0.05, 0.1) is 11.2 Å². The molecule has 1 aromatic heterocycles. The molecule has 0 saturated heterocycles. The number of ketones is 1. The van der Waals surface area contributed by atoms with Gasteiger partial charge in [-0.05, 0) is 24.0 Å². The van der Waals surface area contributed by atoms with Gasteiger partial charge < -0.3 is 0 Å². The molecule has 1 heterocycles. The van der Waals surface area contributed by atoms with Gasteiger partial charge in [0.25, 0.3) is 0 Å². The van der Waals surface area contributed by atoms with E-state index in [1.54, 1.807) is 0 Å². The van der Waals surface area contributed by atoms with E-state index in [0.717, 1.165) is 28.6 Å². The maximum Gasteiger partial charge on any atom is 0.164 e. The molecule has 19 heavy (non-hydrogen) atoms. The summed E-state index contributed by atoms with van der Waals surface area (Å²) in [5, 5.41) is 1.11. The molecule has 0 fully saturated rings. The molecule has 0 spiro atoms. The van der Waals surface area contributed by atoms with Gasteiger partial charge in [-0.25, -0.2) is 4.98 Å². The van der Waals surface area contributed by atoms with Crippen LogP contribution < -0.4 is 0 Å².